The van der Waals surface area contributed by atoms with Crippen LogP contribution in [0.25, 0.3) is 0 Å². The molecule has 0 heterocycles. The zero-order chi connectivity index (χ0) is 14.9. The molecule has 1 aliphatic carbocycles. The maximum absolute atomic E-state index is 11.8. The van der Waals surface area contributed by atoms with E-state index in [0.717, 1.165) is 18.4 Å². The van der Waals surface area contributed by atoms with Gasteiger partial charge in [-0.1, -0.05) is 42.5 Å². The van der Waals surface area contributed by atoms with Gasteiger partial charge in [-0.05, 0) is 18.4 Å². The highest BCUT2D eigenvalue weighted by atomic mass is 16.1. The molecule has 1 aromatic rings. The van der Waals surface area contributed by atoms with Crippen LogP contribution in [0.1, 0.15) is 18.4 Å². The average Bonchev–Trinajstić information content (AvgIpc) is 3.03. The lowest BCUT2D eigenvalue weighted by Crippen LogP contribution is -2.46. The molecule has 5 heteroatoms. The van der Waals surface area contributed by atoms with Crippen LogP contribution in [0.4, 0.5) is 0 Å². The average molecular weight is 286 g/mol. The summed E-state index contributed by atoms with van der Waals surface area (Å²) >= 11 is 0. The van der Waals surface area contributed by atoms with Crippen molar-refractivity contribution < 1.29 is 4.79 Å². The molecule has 1 amide bonds. The number of carbonyl (C=O) groups excluding carboxylic acids is 1. The highest BCUT2D eigenvalue weighted by Gasteiger charge is 2.12. The van der Waals surface area contributed by atoms with Gasteiger partial charge in [-0.25, -0.2) is 0 Å². The lowest BCUT2D eigenvalue weighted by atomic mass is 10.2. The van der Waals surface area contributed by atoms with E-state index in [1.165, 1.54) is 0 Å². The van der Waals surface area contributed by atoms with E-state index in [-0.39, 0.29) is 12.5 Å². The van der Waals surface area contributed by atoms with Crippen LogP contribution >= 0.6 is 0 Å². The summed E-state index contributed by atoms with van der Waals surface area (Å²) < 4.78 is 0. The van der Waals surface area contributed by atoms with E-state index in [0.29, 0.717) is 18.5 Å². The minimum Gasteiger partial charge on any atom is -0.353 e. The minimum absolute atomic E-state index is 0.0497. The number of hydrogen-bond donors (Lipinski definition) is 3. The van der Waals surface area contributed by atoms with Crippen LogP contribution in [-0.4, -0.2) is 31.5 Å². The summed E-state index contributed by atoms with van der Waals surface area (Å²) in [6.07, 6.45) is 6.30. The summed E-state index contributed by atoms with van der Waals surface area (Å²) in [5.41, 5.74) is 1.09. The molecule has 0 saturated carbocycles. The van der Waals surface area contributed by atoms with Crippen LogP contribution in [0, 0.1) is 0 Å². The van der Waals surface area contributed by atoms with Crippen molar-refractivity contribution in [1.82, 2.24) is 16.0 Å². The third-order valence-corrected chi connectivity index (χ3v) is 3.32. The number of hydrogen-bond acceptors (Lipinski definition) is 2. The topological polar surface area (TPSA) is 65.5 Å². The summed E-state index contributed by atoms with van der Waals surface area (Å²) in [5.74, 6) is 0.616. The van der Waals surface area contributed by atoms with Crippen molar-refractivity contribution in [1.29, 1.82) is 0 Å². The molecule has 0 bridgehead atoms. The molecule has 0 saturated heterocycles. The summed E-state index contributed by atoms with van der Waals surface area (Å²) in [6.45, 7) is 0.757. The molecule has 1 aliphatic rings. The van der Waals surface area contributed by atoms with Gasteiger partial charge in [0.15, 0.2) is 5.96 Å². The molecule has 0 spiro atoms. The van der Waals surface area contributed by atoms with Crippen molar-refractivity contribution >= 4 is 11.9 Å². The fraction of sp³-hybridized carbons (Fsp3) is 0.375. The number of rotatable bonds is 5. The first kappa shape index (κ1) is 15.1. The Morgan fingerprint density at radius 1 is 1.19 bits per heavy atom. The number of carbonyl (C=O) groups is 1. The van der Waals surface area contributed by atoms with E-state index in [1.54, 1.807) is 7.05 Å². The van der Waals surface area contributed by atoms with E-state index in [1.807, 2.05) is 30.3 Å². The Labute approximate surface area is 125 Å². The van der Waals surface area contributed by atoms with Crippen LogP contribution < -0.4 is 16.0 Å². The Balaban J connectivity index is 1.67. The van der Waals surface area contributed by atoms with Gasteiger partial charge in [0.05, 0.1) is 6.54 Å². The summed E-state index contributed by atoms with van der Waals surface area (Å²) in [6, 6.07) is 10.2. The van der Waals surface area contributed by atoms with Crippen LogP contribution in [0.15, 0.2) is 47.5 Å². The third-order valence-electron chi connectivity index (χ3n) is 3.32. The lowest BCUT2D eigenvalue weighted by Gasteiger charge is -2.16. The molecule has 0 fully saturated rings. The Bertz CT molecular complexity index is 502. The molecule has 112 valence electrons. The number of nitrogens with one attached hydrogen (secondary N) is 3. The van der Waals surface area contributed by atoms with Gasteiger partial charge in [-0.3, -0.25) is 9.79 Å². The molecule has 0 aromatic heterocycles. The smallest absolute Gasteiger partial charge is 0.239 e. The van der Waals surface area contributed by atoms with Crippen molar-refractivity contribution in [3.05, 3.63) is 48.0 Å². The molecule has 0 atom stereocenters. The molecule has 0 unspecified atom stereocenters. The Hall–Kier alpha value is -2.30. The number of aliphatic imine (C=N–C) groups is 1. The largest absolute Gasteiger partial charge is 0.353 e. The van der Waals surface area contributed by atoms with Crippen molar-refractivity contribution in [3.8, 4) is 0 Å². The molecule has 0 aliphatic heterocycles. The highest BCUT2D eigenvalue weighted by molar-refractivity contribution is 5.86. The second-order valence-corrected chi connectivity index (χ2v) is 4.97. The SMILES string of the molecule is CN=C(NCC(=O)NCc1ccccc1)NC1CC=CC1. The fourth-order valence-electron chi connectivity index (χ4n) is 2.15. The first-order valence-electron chi connectivity index (χ1n) is 7.20. The van der Waals surface area contributed by atoms with Gasteiger partial charge in [0, 0.05) is 19.6 Å². The van der Waals surface area contributed by atoms with Crippen molar-refractivity contribution in [2.45, 2.75) is 25.4 Å². The maximum atomic E-state index is 11.8. The van der Waals surface area contributed by atoms with Crippen LogP contribution in [0.5, 0.6) is 0 Å². The van der Waals surface area contributed by atoms with Gasteiger partial charge in [0.1, 0.15) is 0 Å². The number of guanidine groups is 1. The first-order chi connectivity index (χ1) is 10.3. The van der Waals surface area contributed by atoms with Gasteiger partial charge in [0.2, 0.25) is 5.91 Å². The Kier molecular flexibility index (Phi) is 5.82. The fourth-order valence-corrected chi connectivity index (χ4v) is 2.15. The molecular formula is C16H22N4O. The summed E-state index contributed by atoms with van der Waals surface area (Å²) in [5, 5.41) is 9.20. The zero-order valence-electron chi connectivity index (χ0n) is 12.3. The van der Waals surface area contributed by atoms with Crippen LogP contribution in [0.3, 0.4) is 0 Å². The molecular weight excluding hydrogens is 264 g/mol. The molecule has 5 nitrogen and oxygen atoms in total. The van der Waals surface area contributed by atoms with Crippen molar-refractivity contribution in [3.63, 3.8) is 0 Å². The minimum atomic E-state index is -0.0497. The van der Waals surface area contributed by atoms with Crippen LogP contribution in [-0.2, 0) is 11.3 Å². The first-order valence-corrected chi connectivity index (χ1v) is 7.20. The Morgan fingerprint density at radius 2 is 1.90 bits per heavy atom. The van der Waals surface area contributed by atoms with Gasteiger partial charge >= 0.3 is 0 Å². The molecule has 1 aromatic carbocycles. The number of benzene rings is 1. The molecule has 2 rings (SSSR count). The maximum Gasteiger partial charge on any atom is 0.239 e. The number of amides is 1. The van der Waals surface area contributed by atoms with Gasteiger partial charge in [0.25, 0.3) is 0 Å². The van der Waals surface area contributed by atoms with E-state index in [9.17, 15) is 4.79 Å². The summed E-state index contributed by atoms with van der Waals surface area (Å²) in [4.78, 5) is 15.9. The molecule has 3 N–H and O–H groups in total. The van der Waals surface area contributed by atoms with E-state index in [2.05, 4.69) is 33.1 Å². The van der Waals surface area contributed by atoms with Crippen LogP contribution in [0.2, 0.25) is 0 Å². The van der Waals surface area contributed by atoms with Gasteiger partial charge < -0.3 is 16.0 Å². The monoisotopic (exact) mass is 286 g/mol. The Morgan fingerprint density at radius 3 is 2.57 bits per heavy atom. The van der Waals surface area contributed by atoms with Gasteiger partial charge in [-0.2, -0.15) is 0 Å². The normalized spacial score (nSPS) is 15.0. The van der Waals surface area contributed by atoms with E-state index in [4.69, 9.17) is 0 Å². The quantitative estimate of drug-likeness (QED) is 0.433. The third kappa shape index (κ3) is 5.30. The standard InChI is InChI=1S/C16H22N4O/c1-17-16(20-14-9-5-6-10-14)19-12-15(21)18-11-13-7-3-2-4-8-13/h2-8,14H,9-12H2,1H3,(H,18,21)(H2,17,19,20). The number of nitrogens with zero attached hydrogens (tertiary/aromatic N) is 1. The predicted molar refractivity (Wildman–Crippen MR) is 84.9 cm³/mol. The zero-order valence-corrected chi connectivity index (χ0v) is 12.3. The van der Waals surface area contributed by atoms with E-state index >= 15 is 0 Å². The predicted octanol–water partition coefficient (Wildman–Crippen LogP) is 1.19. The van der Waals surface area contributed by atoms with Crippen molar-refractivity contribution in [2.75, 3.05) is 13.6 Å². The van der Waals surface area contributed by atoms with E-state index < -0.39 is 0 Å². The second kappa shape index (κ2) is 8.09. The molecule has 0 radical (unpaired) electrons. The lowest BCUT2D eigenvalue weighted by molar-refractivity contribution is -0.120. The van der Waals surface area contributed by atoms with Crippen molar-refractivity contribution in [2.24, 2.45) is 4.99 Å². The molecule has 21 heavy (non-hydrogen) atoms. The summed E-state index contributed by atoms with van der Waals surface area (Å²) in [7, 11) is 1.71. The highest BCUT2D eigenvalue weighted by Crippen LogP contribution is 2.08. The second-order valence-electron chi connectivity index (χ2n) is 4.97. The van der Waals surface area contributed by atoms with Gasteiger partial charge in [-0.15, -0.1) is 0 Å².